The maximum absolute atomic E-state index is 5.19. The van der Waals surface area contributed by atoms with Gasteiger partial charge in [0.1, 0.15) is 0 Å². The lowest BCUT2D eigenvalue weighted by Crippen LogP contribution is -2.16. The lowest BCUT2D eigenvalue weighted by atomic mass is 9.78. The zero-order chi connectivity index (χ0) is 73.3. The molecule has 3 aliphatic rings. The minimum absolute atomic E-state index is 0.126. The summed E-state index contributed by atoms with van der Waals surface area (Å²) in [7, 11) is 0. The summed E-state index contributed by atoms with van der Waals surface area (Å²) in [5.41, 5.74) is 34.6. The van der Waals surface area contributed by atoms with E-state index in [2.05, 4.69) is 373 Å². The number of benzene rings is 14. The maximum Gasteiger partial charge on any atom is 0.0780 e. The van der Waals surface area contributed by atoms with E-state index in [0.717, 1.165) is 66.6 Å². The van der Waals surface area contributed by atoms with Crippen LogP contribution in [0.5, 0.6) is 0 Å². The molecule has 3 aliphatic carbocycles. The van der Waals surface area contributed by atoms with Crippen LogP contribution in [0.4, 0.5) is 0 Å². The number of hydrogen-bond acceptors (Lipinski definition) is 5. The highest BCUT2D eigenvalue weighted by Gasteiger charge is 2.42. The molecule has 0 aliphatic heterocycles. The number of aromatic nitrogens is 5. The number of para-hydroxylation sites is 5. The van der Waals surface area contributed by atoms with Crippen LogP contribution in [0.1, 0.15) is 74.9 Å². The first-order valence-electron chi connectivity index (χ1n) is 37.8. The zero-order valence-electron chi connectivity index (χ0n) is 61.6. The van der Waals surface area contributed by atoms with Gasteiger partial charge in [0.25, 0.3) is 0 Å². The first kappa shape index (κ1) is 65.2. The Bertz CT molecular complexity index is 6910. The maximum atomic E-state index is 5.19. The number of rotatable bonds is 6. The van der Waals surface area contributed by atoms with Gasteiger partial charge in [-0.2, -0.15) is 0 Å². The predicted octanol–water partition coefficient (Wildman–Crippen LogP) is 27.0. The van der Waals surface area contributed by atoms with Gasteiger partial charge in [0.2, 0.25) is 0 Å². The standard InChI is InChI=1S/C38H27N.2C33H24N2/c1-38(2)33-13-7-5-11-31(33)37-36(38)35(32-12-6-8-14-34(32)39-37)25-17-15-24(16-18-25)28-19-20-29-21-26-9-3-4-10-27(26)22-30(29)23-28;1-33(2)27-12-6-4-10-25(27)32-31(33)30(26-11-5-8-14-29(26)35-32)22-17-15-21(16-18-22)24-19-23-9-3-7-13-28(23)34-20-24;1-33(2)27-14-5-3-11-25(27)32-30(33)29(26-12-4-6-15-28(26)35-32)22-18-16-21(17-19-22)24-13-7-9-23-10-8-20-34-31(23)24/h3-23H,1-2H3;2*3-20H,1-2H3. The molecule has 0 bridgehead atoms. The molecule has 0 fully saturated rings. The molecule has 5 heterocycles. The van der Waals surface area contributed by atoms with Crippen molar-refractivity contribution >= 4 is 76.1 Å². The Balaban J connectivity index is 0.000000108. The van der Waals surface area contributed by atoms with Gasteiger partial charge in [-0.1, -0.05) is 321 Å². The molecule has 0 N–H and O–H groups in total. The summed E-state index contributed by atoms with van der Waals surface area (Å²) in [6, 6.07) is 120. The van der Waals surface area contributed by atoms with E-state index < -0.39 is 0 Å². The Morgan fingerprint density at radius 3 is 1.05 bits per heavy atom. The van der Waals surface area contributed by atoms with Crippen LogP contribution in [0.25, 0.3) is 177 Å². The third-order valence-electron chi connectivity index (χ3n) is 23.5. The molecule has 5 aromatic heterocycles. The molecule has 0 unspecified atom stereocenters. The van der Waals surface area contributed by atoms with Crippen molar-refractivity contribution in [3.8, 4) is 101 Å². The monoisotopic (exact) mass is 1390 g/mol. The third-order valence-corrected chi connectivity index (χ3v) is 23.5. The smallest absolute Gasteiger partial charge is 0.0780 e. The van der Waals surface area contributed by atoms with Crippen molar-refractivity contribution in [1.82, 2.24) is 24.9 Å². The van der Waals surface area contributed by atoms with Crippen LogP contribution in [0, 0.1) is 0 Å². The Hall–Kier alpha value is -13.4. The molecule has 516 valence electrons. The van der Waals surface area contributed by atoms with E-state index in [1.807, 2.05) is 24.5 Å². The van der Waals surface area contributed by atoms with Crippen LogP contribution >= 0.6 is 0 Å². The lowest BCUT2D eigenvalue weighted by Gasteiger charge is -2.25. The zero-order valence-corrected chi connectivity index (χ0v) is 61.6. The largest absolute Gasteiger partial charge is 0.256 e. The summed E-state index contributed by atoms with van der Waals surface area (Å²) in [6.07, 6.45) is 3.84. The van der Waals surface area contributed by atoms with Gasteiger partial charge >= 0.3 is 0 Å². The minimum Gasteiger partial charge on any atom is -0.256 e. The van der Waals surface area contributed by atoms with Gasteiger partial charge in [0.05, 0.1) is 44.7 Å². The van der Waals surface area contributed by atoms with Gasteiger partial charge in [0.15, 0.2) is 0 Å². The SMILES string of the molecule is CC1(C)c2ccccc2-c2nc3ccccc3c(-c3ccc(-c4ccc5cc6ccccc6cc5c4)cc3)c21.CC1(C)c2ccccc2-c2nc3ccccc3c(-c3ccc(-c4cccc5cccnc45)cc3)c21.CC1(C)c2ccccc2-c2nc3ccccc3c(-c3ccc(-c4cnc5ccccc5c4)cc3)c21. The second-order valence-electron chi connectivity index (χ2n) is 31.0. The summed E-state index contributed by atoms with van der Waals surface area (Å²) in [5.74, 6) is 0. The molecule has 0 radical (unpaired) electrons. The van der Waals surface area contributed by atoms with Crippen LogP contribution in [0.15, 0.2) is 346 Å². The molecule has 0 saturated carbocycles. The number of hydrogen-bond donors (Lipinski definition) is 0. The Kier molecular flexibility index (Phi) is 15.2. The van der Waals surface area contributed by atoms with Crippen LogP contribution in [0.3, 0.4) is 0 Å². The van der Waals surface area contributed by atoms with E-state index >= 15 is 0 Å². The van der Waals surface area contributed by atoms with Crippen molar-refractivity contribution in [2.24, 2.45) is 0 Å². The number of pyridine rings is 5. The van der Waals surface area contributed by atoms with Crippen molar-refractivity contribution < 1.29 is 0 Å². The van der Waals surface area contributed by atoms with E-state index in [0.29, 0.717) is 0 Å². The molecular formula is C104H75N5. The number of nitrogens with zero attached hydrogens (tertiary/aromatic N) is 5. The molecule has 19 aromatic rings. The Morgan fingerprint density at radius 1 is 0.220 bits per heavy atom. The molecule has 0 spiro atoms. The normalized spacial score (nSPS) is 13.6. The third kappa shape index (κ3) is 10.7. The molecule has 0 atom stereocenters. The van der Waals surface area contributed by atoms with Gasteiger partial charge in [-0.05, 0) is 165 Å². The van der Waals surface area contributed by atoms with Crippen molar-refractivity contribution in [3.63, 3.8) is 0 Å². The second kappa shape index (κ2) is 25.4. The van der Waals surface area contributed by atoms with E-state index in [1.165, 1.54) is 143 Å². The molecule has 0 amide bonds. The predicted molar refractivity (Wildman–Crippen MR) is 456 cm³/mol. The van der Waals surface area contributed by atoms with Crippen molar-refractivity contribution in [1.29, 1.82) is 0 Å². The molecule has 5 nitrogen and oxygen atoms in total. The number of fused-ring (bicyclic) bond motifs is 16. The molecule has 14 aromatic carbocycles. The summed E-state index contributed by atoms with van der Waals surface area (Å²) in [4.78, 5) is 24.8. The summed E-state index contributed by atoms with van der Waals surface area (Å²) in [6.45, 7) is 14.0. The first-order valence-corrected chi connectivity index (χ1v) is 37.8. The minimum atomic E-state index is -0.128. The highest BCUT2D eigenvalue weighted by Crippen LogP contribution is 2.57. The topological polar surface area (TPSA) is 64.5 Å². The average Bonchev–Trinajstić information content (AvgIpc) is 1.58. The van der Waals surface area contributed by atoms with Gasteiger partial charge < -0.3 is 0 Å². The van der Waals surface area contributed by atoms with E-state index in [4.69, 9.17) is 15.0 Å². The van der Waals surface area contributed by atoms with E-state index in [9.17, 15) is 0 Å². The van der Waals surface area contributed by atoms with Crippen LogP contribution in [0.2, 0.25) is 0 Å². The molecule has 0 saturated heterocycles. The van der Waals surface area contributed by atoms with Gasteiger partial charge in [-0.25, -0.2) is 15.0 Å². The van der Waals surface area contributed by atoms with Crippen molar-refractivity contribution in [2.75, 3.05) is 0 Å². The van der Waals surface area contributed by atoms with Gasteiger partial charge in [-0.15, -0.1) is 0 Å². The fraction of sp³-hybridized carbons (Fsp3) is 0.0865. The molecular weight excluding hydrogens is 1320 g/mol. The highest BCUT2D eigenvalue weighted by molar-refractivity contribution is 6.07. The van der Waals surface area contributed by atoms with Crippen molar-refractivity contribution in [3.05, 3.63) is 379 Å². The van der Waals surface area contributed by atoms with Crippen LogP contribution < -0.4 is 0 Å². The van der Waals surface area contributed by atoms with Crippen molar-refractivity contribution in [2.45, 2.75) is 57.8 Å². The lowest BCUT2D eigenvalue weighted by molar-refractivity contribution is 0.661. The van der Waals surface area contributed by atoms with Gasteiger partial charge in [-0.3, -0.25) is 9.97 Å². The Labute approximate surface area is 634 Å². The average molecular weight is 1390 g/mol. The van der Waals surface area contributed by atoms with E-state index in [1.54, 1.807) is 0 Å². The van der Waals surface area contributed by atoms with Crippen LogP contribution in [-0.2, 0) is 16.2 Å². The van der Waals surface area contributed by atoms with E-state index in [-0.39, 0.29) is 16.2 Å². The first-order chi connectivity index (χ1) is 53.3. The fourth-order valence-corrected chi connectivity index (χ4v) is 18.2. The molecule has 109 heavy (non-hydrogen) atoms. The second-order valence-corrected chi connectivity index (χ2v) is 31.0. The highest BCUT2D eigenvalue weighted by atomic mass is 14.8. The summed E-state index contributed by atoms with van der Waals surface area (Å²) in [5, 5.41) is 11.0. The Morgan fingerprint density at radius 2 is 0.560 bits per heavy atom. The molecule has 22 rings (SSSR count). The van der Waals surface area contributed by atoms with Crippen LogP contribution in [-0.4, -0.2) is 24.9 Å². The summed E-state index contributed by atoms with van der Waals surface area (Å²) >= 11 is 0. The fourth-order valence-electron chi connectivity index (χ4n) is 18.2. The van der Waals surface area contributed by atoms with Gasteiger partial charge in [0, 0.05) is 83.4 Å². The quantitative estimate of drug-likeness (QED) is 0.155. The summed E-state index contributed by atoms with van der Waals surface area (Å²) < 4.78 is 0. The molecule has 5 heteroatoms.